The fraction of sp³-hybridized carbons (Fsp3) is 0. The normalized spacial score (nSPS) is 10.3. The first-order valence-electron chi connectivity index (χ1n) is 2.61. The molecule has 0 aromatic carbocycles. The highest BCUT2D eigenvalue weighted by molar-refractivity contribution is 7.71. The molecule has 1 aromatic heterocycles. The summed E-state index contributed by atoms with van der Waals surface area (Å²) in [5.74, 6) is 0. The molecule has 1 N–H and O–H groups in total. The van der Waals surface area contributed by atoms with Crippen LogP contribution in [0, 0.1) is 4.64 Å². The second-order valence-corrected chi connectivity index (χ2v) is 3.73. The van der Waals surface area contributed by atoms with Gasteiger partial charge in [0, 0.05) is 0 Å². The minimum absolute atomic E-state index is 0.00330. The summed E-state index contributed by atoms with van der Waals surface area (Å²) in [6, 6.07) is 0. The molecule has 0 saturated carbocycles. The molecule has 12 heavy (non-hydrogen) atoms. The average Bonchev–Trinajstić information content (AvgIpc) is 2.08. The van der Waals surface area contributed by atoms with Gasteiger partial charge in [0.15, 0.2) is 9.79 Å². The minimum atomic E-state index is -0.156. The first kappa shape index (κ1) is 10.4. The number of aromatic nitrogens is 1. The van der Waals surface area contributed by atoms with Crippen LogP contribution in [-0.4, -0.2) is 9.94 Å². The van der Waals surface area contributed by atoms with E-state index < -0.39 is 0 Å². The molecule has 0 aliphatic rings. The highest BCUT2D eigenvalue weighted by Gasteiger charge is 2.13. The van der Waals surface area contributed by atoms with Crippen molar-refractivity contribution in [1.29, 1.82) is 0 Å². The maximum Gasteiger partial charge on any atom is 0.167 e. The van der Waals surface area contributed by atoms with Gasteiger partial charge in [-0.05, 0) is 0 Å². The van der Waals surface area contributed by atoms with Gasteiger partial charge in [-0.15, -0.1) is 0 Å². The Morgan fingerprint density at radius 3 is 2.00 bits per heavy atom. The largest absolute Gasteiger partial charge is 0.426 e. The summed E-state index contributed by atoms with van der Waals surface area (Å²) >= 11 is 27.0. The van der Waals surface area contributed by atoms with E-state index in [1.54, 1.807) is 0 Å². The van der Waals surface area contributed by atoms with Crippen molar-refractivity contribution in [2.45, 2.75) is 0 Å². The zero-order chi connectivity index (χ0) is 9.46. The van der Waals surface area contributed by atoms with E-state index in [9.17, 15) is 0 Å². The van der Waals surface area contributed by atoms with Gasteiger partial charge in [0.05, 0.1) is 15.1 Å². The number of hydrogen-bond donors (Lipinski definition) is 1. The van der Waals surface area contributed by atoms with Crippen molar-refractivity contribution in [2.75, 3.05) is 0 Å². The van der Waals surface area contributed by atoms with Gasteiger partial charge in [0.25, 0.3) is 0 Å². The van der Waals surface area contributed by atoms with E-state index in [0.717, 1.165) is 0 Å². The van der Waals surface area contributed by atoms with E-state index in [1.165, 1.54) is 0 Å². The van der Waals surface area contributed by atoms with Crippen molar-refractivity contribution < 1.29 is 5.21 Å². The van der Waals surface area contributed by atoms with Crippen molar-refractivity contribution in [2.24, 2.45) is 0 Å². The monoisotopic (exact) mass is 263 g/mol. The van der Waals surface area contributed by atoms with Gasteiger partial charge in [0.2, 0.25) is 0 Å². The van der Waals surface area contributed by atoms with Gasteiger partial charge in [-0.1, -0.05) is 58.6 Å². The molecule has 0 bridgehead atoms. The topological polar surface area (TPSA) is 25.2 Å². The molecule has 1 rings (SSSR count). The number of nitrogens with zero attached hydrogens (tertiary/aromatic N) is 1. The standard InChI is InChI=1S/C5HCl4NOS/c6-1-2(7)4(9)10(11)5(12)3(1)8/h11H. The fourth-order valence-electron chi connectivity index (χ4n) is 0.556. The van der Waals surface area contributed by atoms with Gasteiger partial charge >= 0.3 is 0 Å². The molecule has 1 heterocycles. The molecule has 0 amide bonds. The Balaban J connectivity index is 3.73. The molecule has 0 atom stereocenters. The van der Waals surface area contributed by atoms with Crippen LogP contribution in [0.25, 0.3) is 0 Å². The molecular weight excluding hydrogens is 264 g/mol. The molecule has 2 nitrogen and oxygen atoms in total. The lowest BCUT2D eigenvalue weighted by atomic mass is 10.5. The van der Waals surface area contributed by atoms with Crippen LogP contribution < -0.4 is 0 Å². The van der Waals surface area contributed by atoms with Crippen LogP contribution in [0.15, 0.2) is 0 Å². The molecule has 0 aliphatic heterocycles. The quantitative estimate of drug-likeness (QED) is 0.434. The van der Waals surface area contributed by atoms with Crippen LogP contribution in [-0.2, 0) is 0 Å². The Bertz CT molecular complexity index is 356. The average molecular weight is 265 g/mol. The first-order chi connectivity index (χ1) is 5.46. The zero-order valence-electron chi connectivity index (χ0n) is 5.31. The van der Waals surface area contributed by atoms with Gasteiger partial charge in [0.1, 0.15) is 0 Å². The molecule has 7 heteroatoms. The maximum atomic E-state index is 9.15. The Kier molecular flexibility index (Phi) is 3.12. The highest BCUT2D eigenvalue weighted by atomic mass is 35.5. The molecule has 0 radical (unpaired) electrons. The van der Waals surface area contributed by atoms with Crippen molar-refractivity contribution >= 4 is 58.6 Å². The van der Waals surface area contributed by atoms with E-state index in [2.05, 4.69) is 12.2 Å². The van der Waals surface area contributed by atoms with Crippen LogP contribution in [0.4, 0.5) is 0 Å². The number of rotatable bonds is 0. The molecule has 1 aromatic rings. The van der Waals surface area contributed by atoms with Gasteiger partial charge < -0.3 is 5.21 Å². The number of hydrogen-bond acceptors (Lipinski definition) is 2. The first-order valence-corrected chi connectivity index (χ1v) is 4.53. The fourth-order valence-corrected chi connectivity index (χ4v) is 1.66. The lowest BCUT2D eigenvalue weighted by molar-refractivity contribution is 0.181. The third-order valence-electron chi connectivity index (χ3n) is 1.13. The Morgan fingerprint density at radius 1 is 1.00 bits per heavy atom. The zero-order valence-corrected chi connectivity index (χ0v) is 9.15. The van der Waals surface area contributed by atoms with Crippen molar-refractivity contribution in [3.63, 3.8) is 0 Å². The molecule has 0 unspecified atom stereocenters. The smallest absolute Gasteiger partial charge is 0.167 e. The van der Waals surface area contributed by atoms with Crippen LogP contribution in [0.2, 0.25) is 20.2 Å². The molecule has 0 aliphatic carbocycles. The van der Waals surface area contributed by atoms with Gasteiger partial charge in [-0.2, -0.15) is 4.73 Å². The molecular formula is C5HCl4NOS. The van der Waals surface area contributed by atoms with Crippen molar-refractivity contribution in [3.8, 4) is 0 Å². The van der Waals surface area contributed by atoms with Crippen LogP contribution >= 0.6 is 58.6 Å². The Labute approximate surface area is 93.2 Å². The number of halogens is 4. The summed E-state index contributed by atoms with van der Waals surface area (Å²) in [6.45, 7) is 0. The predicted molar refractivity (Wildman–Crippen MR) is 52.5 cm³/mol. The Morgan fingerprint density at radius 2 is 1.50 bits per heavy atom. The SMILES string of the molecule is On1c(Cl)c(Cl)c(Cl)c(Cl)c1=S. The van der Waals surface area contributed by atoms with E-state index >= 15 is 0 Å². The summed E-state index contributed by atoms with van der Waals surface area (Å²) < 4.78 is 0.420. The summed E-state index contributed by atoms with van der Waals surface area (Å²) in [5.41, 5.74) is 0. The third-order valence-corrected chi connectivity index (χ3v) is 3.37. The predicted octanol–water partition coefficient (Wildman–Crippen LogP) is 4.07. The van der Waals surface area contributed by atoms with E-state index in [1.807, 2.05) is 0 Å². The summed E-state index contributed by atoms with van der Waals surface area (Å²) in [6.07, 6.45) is 0. The second-order valence-electron chi connectivity index (χ2n) is 1.85. The van der Waals surface area contributed by atoms with Crippen molar-refractivity contribution in [1.82, 2.24) is 4.73 Å². The maximum absolute atomic E-state index is 9.15. The van der Waals surface area contributed by atoms with E-state index in [0.29, 0.717) is 4.73 Å². The van der Waals surface area contributed by atoms with Crippen LogP contribution in [0.1, 0.15) is 0 Å². The molecule has 0 spiro atoms. The number of pyridine rings is 1. The lowest BCUT2D eigenvalue weighted by Gasteiger charge is -2.06. The van der Waals surface area contributed by atoms with Gasteiger partial charge in [-0.25, -0.2) is 0 Å². The summed E-state index contributed by atoms with van der Waals surface area (Å²) in [7, 11) is 0. The highest BCUT2D eigenvalue weighted by Crippen LogP contribution is 2.35. The summed E-state index contributed by atoms with van der Waals surface area (Å²) in [4.78, 5) is 0. The molecule has 0 saturated heterocycles. The molecule has 0 fully saturated rings. The van der Waals surface area contributed by atoms with Crippen molar-refractivity contribution in [3.05, 3.63) is 24.9 Å². The van der Waals surface area contributed by atoms with Crippen LogP contribution in [0.3, 0.4) is 0 Å². The van der Waals surface area contributed by atoms with E-state index in [4.69, 9.17) is 51.6 Å². The van der Waals surface area contributed by atoms with Crippen LogP contribution in [0.5, 0.6) is 0 Å². The second kappa shape index (κ2) is 3.60. The Hall–Kier alpha value is 0.330. The molecule has 66 valence electrons. The third kappa shape index (κ3) is 1.52. The lowest BCUT2D eigenvalue weighted by Crippen LogP contribution is -1.97. The van der Waals surface area contributed by atoms with Gasteiger partial charge in [-0.3, -0.25) is 0 Å². The minimum Gasteiger partial charge on any atom is -0.426 e. The summed E-state index contributed by atoms with van der Waals surface area (Å²) in [5, 5.41) is 9.00. The van der Waals surface area contributed by atoms with E-state index in [-0.39, 0.29) is 24.9 Å².